The summed E-state index contributed by atoms with van der Waals surface area (Å²) in [6, 6.07) is 3.41. The van der Waals surface area contributed by atoms with E-state index in [1.165, 1.54) is 12.4 Å². The van der Waals surface area contributed by atoms with Gasteiger partial charge in [0.15, 0.2) is 23.0 Å². The zero-order chi connectivity index (χ0) is 25.0. The number of carbonyl (C=O) groups is 2. The molecule has 182 valence electrons. The Morgan fingerprint density at radius 1 is 1.21 bits per heavy atom. The predicted molar refractivity (Wildman–Crippen MR) is 129 cm³/mol. The van der Waals surface area contributed by atoms with Crippen LogP contribution in [0, 0.1) is 5.41 Å². The van der Waals surface area contributed by atoms with Crippen molar-refractivity contribution in [2.75, 3.05) is 13.7 Å². The van der Waals surface area contributed by atoms with Crippen LogP contribution >= 0.6 is 23.2 Å². The van der Waals surface area contributed by atoms with Crippen molar-refractivity contribution in [3.05, 3.63) is 51.7 Å². The standard InChI is InChI=1S/C17H14Cl2N4O2.C6H13NO2/c1-25-15-5-4-13(23-17(15)21-16(22-23)9-2-3-9)14(24)6-10-11(18)7-20-8-12(10)19;1-6(2,3)4-7-5(8)9/h4-5,7-9H,2-3,6H2,1H3;7H,4H2,1-3H3,(H,8,9). The fourth-order valence-corrected chi connectivity index (χ4v) is 3.54. The van der Waals surface area contributed by atoms with Gasteiger partial charge in [-0.15, -0.1) is 0 Å². The van der Waals surface area contributed by atoms with Crippen LogP contribution in [0.5, 0.6) is 5.75 Å². The Balaban J connectivity index is 0.000000309. The van der Waals surface area contributed by atoms with Crippen molar-refractivity contribution >= 4 is 40.7 Å². The first kappa shape index (κ1) is 25.7. The van der Waals surface area contributed by atoms with Gasteiger partial charge in [-0.05, 0) is 30.4 Å². The molecule has 0 bridgehead atoms. The molecule has 4 rings (SSSR count). The highest BCUT2D eigenvalue weighted by atomic mass is 35.5. The molecule has 0 spiro atoms. The number of ketones is 1. The van der Waals surface area contributed by atoms with Crippen molar-refractivity contribution in [2.45, 2.75) is 46.0 Å². The number of carboxylic acid groups (broad SMARTS) is 1. The molecule has 11 heteroatoms. The summed E-state index contributed by atoms with van der Waals surface area (Å²) in [5.41, 5.74) is 1.55. The molecular formula is C23H27Cl2N5O4. The highest BCUT2D eigenvalue weighted by molar-refractivity contribution is 6.36. The van der Waals surface area contributed by atoms with Gasteiger partial charge in [0, 0.05) is 36.8 Å². The molecule has 1 aliphatic rings. The Morgan fingerprint density at radius 2 is 1.85 bits per heavy atom. The zero-order valence-corrected chi connectivity index (χ0v) is 20.9. The van der Waals surface area contributed by atoms with Crippen LogP contribution < -0.4 is 10.1 Å². The second-order valence-electron chi connectivity index (χ2n) is 9.17. The van der Waals surface area contributed by atoms with Crippen LogP contribution in [0.25, 0.3) is 5.65 Å². The second-order valence-corrected chi connectivity index (χ2v) is 9.98. The first-order valence-electron chi connectivity index (χ1n) is 10.7. The van der Waals surface area contributed by atoms with Crippen molar-refractivity contribution in [1.29, 1.82) is 0 Å². The molecule has 1 saturated carbocycles. The van der Waals surface area contributed by atoms with Gasteiger partial charge in [-0.2, -0.15) is 5.10 Å². The SMILES string of the molecule is CC(C)(C)CNC(=O)O.COc1ccc(C(=O)Cc2c(Cl)cncc2Cl)n2nc(C3CC3)nc12. The van der Waals surface area contributed by atoms with Crippen molar-refractivity contribution in [3.63, 3.8) is 0 Å². The van der Waals surface area contributed by atoms with Gasteiger partial charge in [-0.1, -0.05) is 44.0 Å². The molecule has 3 aromatic heterocycles. The van der Waals surface area contributed by atoms with E-state index >= 15 is 0 Å². The van der Waals surface area contributed by atoms with Gasteiger partial charge in [0.1, 0.15) is 5.69 Å². The number of Topliss-reactive ketones (excluding diaryl/α,β-unsaturated/α-hetero) is 1. The molecule has 0 atom stereocenters. The van der Waals surface area contributed by atoms with Crippen LogP contribution in [-0.4, -0.2) is 50.2 Å². The van der Waals surface area contributed by atoms with E-state index in [0.717, 1.165) is 18.7 Å². The van der Waals surface area contributed by atoms with Crippen LogP contribution in [0.4, 0.5) is 4.79 Å². The van der Waals surface area contributed by atoms with E-state index in [0.29, 0.717) is 45.2 Å². The lowest BCUT2D eigenvalue weighted by Gasteiger charge is -2.16. The number of methoxy groups -OCH3 is 1. The number of pyridine rings is 2. The lowest BCUT2D eigenvalue weighted by Crippen LogP contribution is -2.30. The normalized spacial score (nSPS) is 13.2. The zero-order valence-electron chi connectivity index (χ0n) is 19.4. The predicted octanol–water partition coefficient (Wildman–Crippen LogP) is 5.04. The van der Waals surface area contributed by atoms with Crippen molar-refractivity contribution in [2.24, 2.45) is 5.41 Å². The number of halogens is 2. The molecule has 0 aliphatic heterocycles. The summed E-state index contributed by atoms with van der Waals surface area (Å²) >= 11 is 12.3. The monoisotopic (exact) mass is 507 g/mol. The number of rotatable bonds is 6. The van der Waals surface area contributed by atoms with Gasteiger partial charge in [0.05, 0.1) is 17.2 Å². The Labute approximate surface area is 207 Å². The average Bonchev–Trinajstić information content (AvgIpc) is 3.52. The summed E-state index contributed by atoms with van der Waals surface area (Å²) in [4.78, 5) is 31.2. The molecule has 0 aromatic carbocycles. The van der Waals surface area contributed by atoms with Gasteiger partial charge in [0.25, 0.3) is 0 Å². The van der Waals surface area contributed by atoms with E-state index in [2.05, 4.69) is 20.4 Å². The number of fused-ring (bicyclic) bond motifs is 1. The Bertz CT molecular complexity index is 1180. The van der Waals surface area contributed by atoms with Crippen LogP contribution in [0.3, 0.4) is 0 Å². The molecule has 0 unspecified atom stereocenters. The smallest absolute Gasteiger partial charge is 0.404 e. The molecule has 2 N–H and O–H groups in total. The number of nitrogens with zero attached hydrogens (tertiary/aromatic N) is 4. The van der Waals surface area contributed by atoms with Crippen LogP contribution in [0.2, 0.25) is 10.0 Å². The Kier molecular flexibility index (Phi) is 7.99. The largest absolute Gasteiger partial charge is 0.493 e. The molecule has 34 heavy (non-hydrogen) atoms. The Hall–Kier alpha value is -2.91. The summed E-state index contributed by atoms with van der Waals surface area (Å²) < 4.78 is 6.90. The third-order valence-corrected chi connectivity index (χ3v) is 5.62. The number of amides is 1. The minimum Gasteiger partial charge on any atom is -0.493 e. The molecular weight excluding hydrogens is 481 g/mol. The third-order valence-electron chi connectivity index (χ3n) is 4.97. The van der Waals surface area contributed by atoms with Crippen molar-refractivity contribution in [3.8, 4) is 5.75 Å². The van der Waals surface area contributed by atoms with E-state index < -0.39 is 6.09 Å². The maximum absolute atomic E-state index is 12.9. The van der Waals surface area contributed by atoms with E-state index in [4.69, 9.17) is 33.0 Å². The quantitative estimate of drug-likeness (QED) is 0.448. The number of carbonyl (C=O) groups excluding carboxylic acids is 1. The maximum Gasteiger partial charge on any atom is 0.404 e. The number of nitrogens with one attached hydrogen (secondary N) is 1. The molecule has 1 fully saturated rings. The molecule has 3 aromatic rings. The molecule has 1 amide bonds. The summed E-state index contributed by atoms with van der Waals surface area (Å²) in [6.45, 7) is 6.43. The molecule has 3 heterocycles. The lowest BCUT2D eigenvalue weighted by atomic mass is 9.97. The van der Waals surface area contributed by atoms with E-state index in [-0.39, 0.29) is 17.6 Å². The molecule has 0 radical (unpaired) electrons. The minimum atomic E-state index is -0.954. The van der Waals surface area contributed by atoms with Crippen LogP contribution in [0.1, 0.15) is 61.4 Å². The van der Waals surface area contributed by atoms with Gasteiger partial charge < -0.3 is 15.2 Å². The summed E-state index contributed by atoms with van der Waals surface area (Å²) in [7, 11) is 1.57. The molecule has 1 aliphatic carbocycles. The summed E-state index contributed by atoms with van der Waals surface area (Å²) in [5, 5.41) is 15.7. The van der Waals surface area contributed by atoms with Gasteiger partial charge in [-0.3, -0.25) is 9.78 Å². The van der Waals surface area contributed by atoms with Crippen molar-refractivity contribution in [1.82, 2.24) is 24.9 Å². The van der Waals surface area contributed by atoms with Crippen LogP contribution in [-0.2, 0) is 6.42 Å². The topological polar surface area (TPSA) is 119 Å². The molecule has 9 nitrogen and oxygen atoms in total. The number of hydrogen-bond donors (Lipinski definition) is 2. The minimum absolute atomic E-state index is 0.0401. The third kappa shape index (κ3) is 6.57. The first-order chi connectivity index (χ1) is 16.0. The fourth-order valence-electron chi connectivity index (χ4n) is 3.04. The summed E-state index contributed by atoms with van der Waals surface area (Å²) in [5.74, 6) is 1.54. The lowest BCUT2D eigenvalue weighted by molar-refractivity contribution is 0.0985. The maximum atomic E-state index is 12.9. The highest BCUT2D eigenvalue weighted by Gasteiger charge is 2.29. The van der Waals surface area contributed by atoms with E-state index in [9.17, 15) is 9.59 Å². The van der Waals surface area contributed by atoms with Crippen molar-refractivity contribution < 1.29 is 19.4 Å². The number of ether oxygens (including phenoxy) is 1. The Morgan fingerprint density at radius 3 is 2.35 bits per heavy atom. The fraction of sp³-hybridized carbons (Fsp3) is 0.435. The highest BCUT2D eigenvalue weighted by Crippen LogP contribution is 2.39. The van der Waals surface area contributed by atoms with E-state index in [1.54, 1.807) is 23.8 Å². The number of hydrogen-bond acceptors (Lipinski definition) is 6. The van der Waals surface area contributed by atoms with Gasteiger partial charge >= 0.3 is 6.09 Å². The van der Waals surface area contributed by atoms with Crippen LogP contribution in [0.15, 0.2) is 24.5 Å². The molecule has 0 saturated heterocycles. The van der Waals surface area contributed by atoms with E-state index in [1.807, 2.05) is 20.8 Å². The first-order valence-corrected chi connectivity index (χ1v) is 11.5. The van der Waals surface area contributed by atoms with Gasteiger partial charge in [-0.25, -0.2) is 14.3 Å². The van der Waals surface area contributed by atoms with Gasteiger partial charge in [0.2, 0.25) is 0 Å². The number of aromatic nitrogens is 4. The summed E-state index contributed by atoms with van der Waals surface area (Å²) in [6.07, 6.45) is 4.20. The second kappa shape index (κ2) is 10.6. The average molecular weight is 508 g/mol.